The van der Waals surface area contributed by atoms with Gasteiger partial charge >= 0.3 is 12.0 Å². The molecule has 3 aromatic rings. The van der Waals surface area contributed by atoms with Crippen molar-refractivity contribution < 1.29 is 14.3 Å². The summed E-state index contributed by atoms with van der Waals surface area (Å²) in [6.45, 7) is 1.52. The number of esters is 1. The molecule has 2 aromatic carbocycles. The van der Waals surface area contributed by atoms with Gasteiger partial charge in [0.1, 0.15) is 0 Å². The number of ether oxygens (including phenoxy) is 1. The number of methoxy groups -OCH3 is 1. The normalized spacial score (nSPS) is 14.3. The monoisotopic (exact) mass is 515 g/mol. The van der Waals surface area contributed by atoms with Crippen molar-refractivity contribution in [3.8, 4) is 0 Å². The van der Waals surface area contributed by atoms with Gasteiger partial charge in [0.25, 0.3) is 0 Å². The van der Waals surface area contributed by atoms with E-state index in [2.05, 4.69) is 53.9 Å². The molecule has 1 aliphatic rings. The van der Waals surface area contributed by atoms with Crippen LogP contribution in [0.25, 0.3) is 10.8 Å². The van der Waals surface area contributed by atoms with Crippen LogP contribution >= 0.6 is 28.7 Å². The van der Waals surface area contributed by atoms with E-state index >= 15 is 0 Å². The molecule has 1 N–H and O–H groups in total. The molecule has 32 heavy (non-hydrogen) atoms. The summed E-state index contributed by atoms with van der Waals surface area (Å²) in [5.74, 6) is 0.434. The Bertz CT molecular complexity index is 1140. The van der Waals surface area contributed by atoms with E-state index in [0.717, 1.165) is 47.0 Å². The smallest absolute Gasteiger partial charge is 0.337 e. The van der Waals surface area contributed by atoms with Crippen molar-refractivity contribution in [2.24, 2.45) is 0 Å². The van der Waals surface area contributed by atoms with Crippen LogP contribution in [0.4, 0.5) is 16.3 Å². The maximum absolute atomic E-state index is 12.7. The highest BCUT2D eigenvalue weighted by atomic mass is 79.9. The highest BCUT2D eigenvalue weighted by molar-refractivity contribution is 9.10. The number of nitrogens with one attached hydrogen (secondary N) is 1. The molecule has 8 nitrogen and oxygen atoms in total. The highest BCUT2D eigenvalue weighted by Crippen LogP contribution is 2.28. The average Bonchev–Trinajstić information content (AvgIpc) is 2.83. The minimum Gasteiger partial charge on any atom is -0.465 e. The van der Waals surface area contributed by atoms with Crippen molar-refractivity contribution in [2.75, 3.05) is 29.4 Å². The Morgan fingerprint density at radius 3 is 2.59 bits per heavy atom. The first kappa shape index (κ1) is 22.3. The maximum atomic E-state index is 12.7. The number of halogens is 1. The molecule has 2 heterocycles. The van der Waals surface area contributed by atoms with Gasteiger partial charge in [-0.05, 0) is 55.3 Å². The van der Waals surface area contributed by atoms with E-state index in [1.54, 1.807) is 30.5 Å². The molecule has 1 saturated heterocycles. The fraction of sp³-hybridized carbons (Fsp3) is 0.273. The number of hydrogen-bond donors (Lipinski definition) is 2. The lowest BCUT2D eigenvalue weighted by Gasteiger charge is -2.34. The third kappa shape index (κ3) is 4.81. The summed E-state index contributed by atoms with van der Waals surface area (Å²) in [6.07, 6.45) is 3.32. The molecule has 1 fully saturated rings. The zero-order valence-corrected chi connectivity index (χ0v) is 19.8. The first-order valence-electron chi connectivity index (χ1n) is 10.1. The van der Waals surface area contributed by atoms with Gasteiger partial charge in [-0.25, -0.2) is 13.9 Å². The number of amides is 2. The van der Waals surface area contributed by atoms with Gasteiger partial charge in [0.15, 0.2) is 5.82 Å². The lowest BCUT2D eigenvalue weighted by molar-refractivity contribution is 0.0600. The number of hydrogen-bond acceptors (Lipinski definition) is 7. The summed E-state index contributed by atoms with van der Waals surface area (Å²) in [6, 6.07) is 12.3. The molecule has 2 amide bonds. The molecule has 0 unspecified atom stereocenters. The molecule has 0 spiro atoms. The number of anilines is 2. The van der Waals surface area contributed by atoms with Crippen LogP contribution in [-0.2, 0) is 4.74 Å². The second-order valence-corrected chi connectivity index (χ2v) is 8.78. The predicted molar refractivity (Wildman–Crippen MR) is 130 cm³/mol. The molecule has 0 bridgehead atoms. The Morgan fingerprint density at radius 2 is 1.91 bits per heavy atom. The third-order valence-corrected chi connectivity index (χ3v) is 6.36. The van der Waals surface area contributed by atoms with Gasteiger partial charge < -0.3 is 15.0 Å². The summed E-state index contributed by atoms with van der Waals surface area (Å²) < 4.78 is 6.93. The number of fused-ring (bicyclic) bond motifs is 1. The van der Waals surface area contributed by atoms with Crippen LogP contribution in [0.3, 0.4) is 0 Å². The molecule has 0 saturated carbocycles. The number of thiol groups is 1. The standard InChI is InChI=1S/C22H22BrN5O3S/c1-31-21(29)14-2-5-18(6-3-14)28(32)22(30)25-17-8-10-27(11-9-17)20-19-7-4-16(23)12-15(19)13-24-26-20/h2-7,12-13,17,32H,8-11H2,1H3,(H,25,30). The minimum atomic E-state index is -0.429. The second kappa shape index (κ2) is 9.74. The largest absolute Gasteiger partial charge is 0.465 e. The van der Waals surface area contributed by atoms with Crippen LogP contribution in [0.15, 0.2) is 53.1 Å². The first-order valence-corrected chi connectivity index (χ1v) is 11.3. The lowest BCUT2D eigenvalue weighted by atomic mass is 10.0. The maximum Gasteiger partial charge on any atom is 0.337 e. The number of nitrogens with zero attached hydrogens (tertiary/aromatic N) is 4. The summed E-state index contributed by atoms with van der Waals surface area (Å²) in [7, 11) is 1.33. The molecule has 4 rings (SSSR count). The van der Waals surface area contributed by atoms with Crippen LogP contribution in [0.5, 0.6) is 0 Å². The summed E-state index contributed by atoms with van der Waals surface area (Å²) in [4.78, 5) is 26.4. The van der Waals surface area contributed by atoms with E-state index in [1.807, 2.05) is 18.2 Å². The van der Waals surface area contributed by atoms with Crippen LogP contribution in [0, 0.1) is 0 Å². The van der Waals surface area contributed by atoms with Crippen molar-refractivity contribution in [1.82, 2.24) is 15.5 Å². The van der Waals surface area contributed by atoms with E-state index in [4.69, 9.17) is 0 Å². The SMILES string of the molecule is COC(=O)c1ccc(N(S)C(=O)NC2CCN(c3nncc4cc(Br)ccc34)CC2)cc1. The van der Waals surface area contributed by atoms with Crippen LogP contribution in [-0.4, -0.2) is 48.4 Å². The van der Waals surface area contributed by atoms with Crippen LogP contribution in [0.2, 0.25) is 0 Å². The molecule has 10 heteroatoms. The number of carbonyl (C=O) groups excluding carboxylic acids is 2. The van der Waals surface area contributed by atoms with Gasteiger partial charge in [0.05, 0.1) is 24.6 Å². The molecular formula is C22H22BrN5O3S. The van der Waals surface area contributed by atoms with E-state index in [9.17, 15) is 9.59 Å². The van der Waals surface area contributed by atoms with Crippen molar-refractivity contribution in [2.45, 2.75) is 18.9 Å². The van der Waals surface area contributed by atoms with Gasteiger partial charge in [-0.15, -0.1) is 5.10 Å². The van der Waals surface area contributed by atoms with Crippen LogP contribution in [0.1, 0.15) is 23.2 Å². The number of piperidine rings is 1. The van der Waals surface area contributed by atoms with E-state index in [1.165, 1.54) is 11.4 Å². The fourth-order valence-corrected chi connectivity index (χ4v) is 4.29. The molecule has 0 atom stereocenters. The molecule has 0 aliphatic carbocycles. The van der Waals surface area contributed by atoms with Gasteiger partial charge in [-0.2, -0.15) is 5.10 Å². The van der Waals surface area contributed by atoms with Gasteiger partial charge in [0, 0.05) is 34.4 Å². The average molecular weight is 516 g/mol. The number of rotatable bonds is 4. The van der Waals surface area contributed by atoms with Crippen molar-refractivity contribution >= 4 is 63.0 Å². The van der Waals surface area contributed by atoms with E-state index < -0.39 is 5.97 Å². The Morgan fingerprint density at radius 1 is 1.19 bits per heavy atom. The van der Waals surface area contributed by atoms with Crippen molar-refractivity contribution in [3.05, 3.63) is 58.7 Å². The van der Waals surface area contributed by atoms with Gasteiger partial charge in [-0.3, -0.25) is 0 Å². The Labute approximate surface area is 199 Å². The van der Waals surface area contributed by atoms with Crippen molar-refractivity contribution in [1.29, 1.82) is 0 Å². The summed E-state index contributed by atoms with van der Waals surface area (Å²) in [5.41, 5.74) is 0.975. The molecular weight excluding hydrogens is 494 g/mol. The first-order chi connectivity index (χ1) is 15.5. The summed E-state index contributed by atoms with van der Waals surface area (Å²) in [5, 5.41) is 13.6. The number of carbonyl (C=O) groups is 2. The van der Waals surface area contributed by atoms with Gasteiger partial charge in [-0.1, -0.05) is 28.7 Å². The highest BCUT2D eigenvalue weighted by Gasteiger charge is 2.24. The van der Waals surface area contributed by atoms with E-state index in [-0.39, 0.29) is 12.1 Å². The Balaban J connectivity index is 1.36. The van der Waals surface area contributed by atoms with Crippen molar-refractivity contribution in [3.63, 3.8) is 0 Å². The zero-order valence-electron chi connectivity index (χ0n) is 17.4. The lowest BCUT2D eigenvalue weighted by Crippen LogP contribution is -2.47. The van der Waals surface area contributed by atoms with E-state index in [0.29, 0.717) is 11.3 Å². The number of aromatic nitrogens is 2. The van der Waals surface area contributed by atoms with Gasteiger partial charge in [0.2, 0.25) is 0 Å². The topological polar surface area (TPSA) is 87.7 Å². The number of benzene rings is 2. The predicted octanol–water partition coefficient (Wildman–Crippen LogP) is 4.21. The Kier molecular flexibility index (Phi) is 6.80. The minimum absolute atomic E-state index is 0.0276. The quantitative estimate of drug-likeness (QED) is 0.399. The zero-order chi connectivity index (χ0) is 22.7. The molecule has 166 valence electrons. The third-order valence-electron chi connectivity index (χ3n) is 5.45. The number of urea groups is 1. The van der Waals surface area contributed by atoms with Crippen LogP contribution < -0.4 is 14.5 Å². The molecule has 0 radical (unpaired) electrons. The second-order valence-electron chi connectivity index (χ2n) is 7.46. The summed E-state index contributed by atoms with van der Waals surface area (Å²) >= 11 is 7.81. The molecule has 1 aliphatic heterocycles. The Hall–Kier alpha value is -2.85. The molecule has 1 aromatic heterocycles. The fourth-order valence-electron chi connectivity index (χ4n) is 3.72.